The second-order valence-electron chi connectivity index (χ2n) is 5.01. The highest BCUT2D eigenvalue weighted by molar-refractivity contribution is 6.31. The van der Waals surface area contributed by atoms with E-state index in [9.17, 15) is 5.11 Å². The predicted molar refractivity (Wildman–Crippen MR) is 78.4 cm³/mol. The maximum Gasteiger partial charge on any atom is 0.0776 e. The minimum absolute atomic E-state index is 0.530. The number of aliphatic hydroxyl groups is 1. The predicted octanol–water partition coefficient (Wildman–Crippen LogP) is 3.91. The lowest BCUT2D eigenvalue weighted by Gasteiger charge is -2.19. The van der Waals surface area contributed by atoms with Gasteiger partial charge in [-0.1, -0.05) is 41.9 Å². The number of benzene rings is 2. The van der Waals surface area contributed by atoms with Gasteiger partial charge in [-0.3, -0.25) is 0 Å². The number of fused-ring (bicyclic) bond motifs is 1. The Labute approximate surface area is 118 Å². The average Bonchev–Trinajstić information content (AvgIpc) is 2.81. The topological polar surface area (TPSA) is 23.5 Å². The zero-order chi connectivity index (χ0) is 13.4. The van der Waals surface area contributed by atoms with E-state index in [0.717, 1.165) is 24.3 Å². The number of hydrogen-bond donors (Lipinski definition) is 1. The number of anilines is 1. The Morgan fingerprint density at radius 2 is 1.74 bits per heavy atom. The van der Waals surface area contributed by atoms with Crippen molar-refractivity contribution in [2.75, 3.05) is 4.90 Å². The number of nitrogens with zero attached hydrogens (tertiary/aromatic N) is 1. The SMILES string of the molecule is CC(O)c1ccc(N2Cc3ccccc3C2)cc1Cl. The first-order chi connectivity index (χ1) is 9.15. The molecule has 19 heavy (non-hydrogen) atoms. The molecule has 2 aromatic carbocycles. The van der Waals surface area contributed by atoms with Gasteiger partial charge < -0.3 is 10.0 Å². The van der Waals surface area contributed by atoms with Crippen molar-refractivity contribution in [3.8, 4) is 0 Å². The van der Waals surface area contributed by atoms with Crippen molar-refractivity contribution in [2.24, 2.45) is 0 Å². The summed E-state index contributed by atoms with van der Waals surface area (Å²) in [6.45, 7) is 3.56. The van der Waals surface area contributed by atoms with Crippen LogP contribution in [0.3, 0.4) is 0 Å². The van der Waals surface area contributed by atoms with E-state index in [4.69, 9.17) is 11.6 Å². The van der Waals surface area contributed by atoms with Crippen LogP contribution >= 0.6 is 11.6 Å². The fraction of sp³-hybridized carbons (Fsp3) is 0.250. The molecule has 3 rings (SSSR count). The number of aliphatic hydroxyl groups excluding tert-OH is 1. The molecule has 3 heteroatoms. The Kier molecular flexibility index (Phi) is 3.21. The largest absolute Gasteiger partial charge is 0.389 e. The van der Waals surface area contributed by atoms with Crippen LogP contribution < -0.4 is 4.90 Å². The number of rotatable bonds is 2. The lowest BCUT2D eigenvalue weighted by Crippen LogP contribution is -2.14. The van der Waals surface area contributed by atoms with Gasteiger partial charge in [-0.05, 0) is 35.7 Å². The quantitative estimate of drug-likeness (QED) is 0.897. The van der Waals surface area contributed by atoms with Gasteiger partial charge in [0.25, 0.3) is 0 Å². The van der Waals surface area contributed by atoms with Crippen molar-refractivity contribution in [1.29, 1.82) is 0 Å². The summed E-state index contributed by atoms with van der Waals surface area (Å²) in [4.78, 5) is 2.29. The third kappa shape index (κ3) is 2.34. The van der Waals surface area contributed by atoms with Gasteiger partial charge in [-0.2, -0.15) is 0 Å². The van der Waals surface area contributed by atoms with E-state index in [1.165, 1.54) is 11.1 Å². The monoisotopic (exact) mass is 273 g/mol. The summed E-state index contributed by atoms with van der Waals surface area (Å²) in [5, 5.41) is 10.2. The van der Waals surface area contributed by atoms with E-state index in [-0.39, 0.29) is 0 Å². The number of halogens is 1. The summed E-state index contributed by atoms with van der Waals surface area (Å²) >= 11 is 6.23. The third-order valence-electron chi connectivity index (χ3n) is 3.64. The van der Waals surface area contributed by atoms with E-state index < -0.39 is 6.10 Å². The van der Waals surface area contributed by atoms with Crippen LogP contribution in [0.4, 0.5) is 5.69 Å². The highest BCUT2D eigenvalue weighted by atomic mass is 35.5. The summed E-state index contributed by atoms with van der Waals surface area (Å²) in [7, 11) is 0. The van der Waals surface area contributed by atoms with Crippen LogP contribution in [0, 0.1) is 0 Å². The van der Waals surface area contributed by atoms with E-state index in [0.29, 0.717) is 5.02 Å². The molecule has 0 aliphatic carbocycles. The van der Waals surface area contributed by atoms with Crippen molar-refractivity contribution in [3.63, 3.8) is 0 Å². The van der Waals surface area contributed by atoms with Gasteiger partial charge >= 0.3 is 0 Å². The summed E-state index contributed by atoms with van der Waals surface area (Å²) < 4.78 is 0. The first kappa shape index (κ1) is 12.5. The molecule has 98 valence electrons. The molecule has 1 heterocycles. The molecule has 0 amide bonds. The van der Waals surface area contributed by atoms with Crippen LogP contribution in [0.15, 0.2) is 42.5 Å². The Balaban J connectivity index is 1.88. The summed E-state index contributed by atoms with van der Waals surface area (Å²) in [5.41, 5.74) is 4.63. The molecular weight excluding hydrogens is 258 g/mol. The fourth-order valence-corrected chi connectivity index (χ4v) is 2.90. The third-order valence-corrected chi connectivity index (χ3v) is 3.97. The van der Waals surface area contributed by atoms with Gasteiger partial charge in [0.2, 0.25) is 0 Å². The molecular formula is C16H16ClNO. The minimum atomic E-state index is -0.530. The average molecular weight is 274 g/mol. The van der Waals surface area contributed by atoms with Crippen LogP contribution in [0.2, 0.25) is 5.02 Å². The van der Waals surface area contributed by atoms with Crippen molar-refractivity contribution in [2.45, 2.75) is 26.1 Å². The van der Waals surface area contributed by atoms with Gasteiger partial charge in [-0.15, -0.1) is 0 Å². The molecule has 2 nitrogen and oxygen atoms in total. The summed E-state index contributed by atoms with van der Waals surface area (Å²) in [6, 6.07) is 14.4. The van der Waals surface area contributed by atoms with Crippen molar-refractivity contribution < 1.29 is 5.11 Å². The maximum absolute atomic E-state index is 9.60. The van der Waals surface area contributed by atoms with Crippen LogP contribution in [-0.2, 0) is 13.1 Å². The van der Waals surface area contributed by atoms with Gasteiger partial charge in [0.05, 0.1) is 6.10 Å². The standard InChI is InChI=1S/C16H16ClNO/c1-11(19)15-7-6-14(8-16(15)17)18-9-12-4-2-3-5-13(12)10-18/h2-8,11,19H,9-10H2,1H3. The highest BCUT2D eigenvalue weighted by Crippen LogP contribution is 2.32. The molecule has 0 saturated heterocycles. The van der Waals surface area contributed by atoms with E-state index in [2.05, 4.69) is 29.2 Å². The molecule has 0 bridgehead atoms. The van der Waals surface area contributed by atoms with Gasteiger partial charge in [0.1, 0.15) is 0 Å². The maximum atomic E-state index is 9.60. The molecule has 0 fully saturated rings. The van der Waals surface area contributed by atoms with Crippen LogP contribution in [-0.4, -0.2) is 5.11 Å². The first-order valence-electron chi connectivity index (χ1n) is 6.44. The zero-order valence-electron chi connectivity index (χ0n) is 10.8. The molecule has 0 saturated carbocycles. The molecule has 1 N–H and O–H groups in total. The van der Waals surface area contributed by atoms with Crippen LogP contribution in [0.25, 0.3) is 0 Å². The molecule has 1 aliphatic rings. The minimum Gasteiger partial charge on any atom is -0.389 e. The second-order valence-corrected chi connectivity index (χ2v) is 5.41. The Bertz CT molecular complexity index is 584. The van der Waals surface area contributed by atoms with Crippen molar-refractivity contribution in [1.82, 2.24) is 0 Å². The molecule has 1 atom stereocenters. The highest BCUT2D eigenvalue weighted by Gasteiger charge is 2.19. The molecule has 0 aromatic heterocycles. The van der Waals surface area contributed by atoms with Gasteiger partial charge in [0, 0.05) is 23.8 Å². The molecule has 2 aromatic rings. The van der Waals surface area contributed by atoms with E-state index in [1.54, 1.807) is 6.92 Å². The second kappa shape index (κ2) is 4.87. The van der Waals surface area contributed by atoms with E-state index in [1.807, 2.05) is 18.2 Å². The molecule has 1 unspecified atom stereocenters. The van der Waals surface area contributed by atoms with Crippen molar-refractivity contribution >= 4 is 17.3 Å². The fourth-order valence-electron chi connectivity index (χ4n) is 2.57. The smallest absolute Gasteiger partial charge is 0.0776 e. The van der Waals surface area contributed by atoms with E-state index >= 15 is 0 Å². The van der Waals surface area contributed by atoms with Crippen molar-refractivity contribution in [3.05, 3.63) is 64.2 Å². The lowest BCUT2D eigenvalue weighted by molar-refractivity contribution is 0.199. The van der Waals surface area contributed by atoms with Gasteiger partial charge in [0.15, 0.2) is 0 Å². The normalized spacial score (nSPS) is 15.4. The van der Waals surface area contributed by atoms with Gasteiger partial charge in [-0.25, -0.2) is 0 Å². The Morgan fingerprint density at radius 1 is 1.11 bits per heavy atom. The summed E-state index contributed by atoms with van der Waals surface area (Å²) in [5.74, 6) is 0. The van der Waals surface area contributed by atoms with Crippen LogP contribution in [0.5, 0.6) is 0 Å². The number of hydrogen-bond acceptors (Lipinski definition) is 2. The first-order valence-corrected chi connectivity index (χ1v) is 6.82. The van der Waals surface area contributed by atoms with Crippen LogP contribution in [0.1, 0.15) is 29.7 Å². The Hall–Kier alpha value is -1.51. The zero-order valence-corrected chi connectivity index (χ0v) is 11.6. The summed E-state index contributed by atoms with van der Waals surface area (Å²) in [6.07, 6.45) is -0.530. The molecule has 0 radical (unpaired) electrons. The molecule has 0 spiro atoms. The lowest BCUT2D eigenvalue weighted by atomic mass is 10.1. The molecule has 1 aliphatic heterocycles. The Morgan fingerprint density at radius 3 is 2.26 bits per heavy atom.